The summed E-state index contributed by atoms with van der Waals surface area (Å²) >= 11 is 0. The van der Waals surface area contributed by atoms with Crippen LogP contribution in [0.2, 0.25) is 0 Å². The second-order valence-corrected chi connectivity index (χ2v) is 9.38. The van der Waals surface area contributed by atoms with Crippen LogP contribution in [0.1, 0.15) is 24.8 Å². The van der Waals surface area contributed by atoms with Gasteiger partial charge in [0.05, 0.1) is 37.6 Å². The molecule has 0 aromatic carbocycles. The number of pyridine rings is 3. The summed E-state index contributed by atoms with van der Waals surface area (Å²) in [6, 6.07) is 3.92. The van der Waals surface area contributed by atoms with E-state index in [-0.39, 0.29) is 17.7 Å². The maximum Gasteiger partial charge on any atom is 0.251 e. The highest BCUT2D eigenvalue weighted by Crippen LogP contribution is 2.32. The number of fused-ring (bicyclic) bond motifs is 1. The van der Waals surface area contributed by atoms with Crippen molar-refractivity contribution < 1.29 is 14.2 Å². The number of hydrogen-bond donors (Lipinski definition) is 3. The number of nitrogens with one attached hydrogen (secondary N) is 3. The van der Waals surface area contributed by atoms with Gasteiger partial charge in [0.15, 0.2) is 5.82 Å². The first-order chi connectivity index (χ1) is 17.1. The van der Waals surface area contributed by atoms with Gasteiger partial charge in [-0.3, -0.25) is 9.78 Å². The number of aryl methyl sites for hydroxylation is 1. The van der Waals surface area contributed by atoms with Crippen LogP contribution in [-0.2, 0) is 9.47 Å². The number of piperidine rings is 1. The first-order valence-corrected chi connectivity index (χ1v) is 12.3. The van der Waals surface area contributed by atoms with Crippen LogP contribution in [0, 0.1) is 12.8 Å². The summed E-state index contributed by atoms with van der Waals surface area (Å²) in [6.07, 6.45) is 8.29. The van der Waals surface area contributed by atoms with Crippen molar-refractivity contribution in [2.24, 2.45) is 5.92 Å². The molecule has 0 radical (unpaired) electrons. The van der Waals surface area contributed by atoms with Gasteiger partial charge < -0.3 is 29.8 Å². The minimum Gasteiger partial charge on any atom is -0.495 e. The molecular weight excluding hydrogens is 446 g/mol. The highest BCUT2D eigenvalue weighted by Gasteiger charge is 2.28. The van der Waals surface area contributed by atoms with Crippen LogP contribution in [0.15, 0.2) is 35.5 Å². The lowest BCUT2D eigenvalue weighted by Crippen LogP contribution is -2.49. The number of methoxy groups -OCH3 is 1. The summed E-state index contributed by atoms with van der Waals surface area (Å²) in [4.78, 5) is 24.7. The van der Waals surface area contributed by atoms with Gasteiger partial charge in [-0.25, -0.2) is 4.98 Å². The summed E-state index contributed by atoms with van der Waals surface area (Å²) in [5, 5.41) is 7.95. The third-order valence-electron chi connectivity index (χ3n) is 6.97. The fourth-order valence-electron chi connectivity index (χ4n) is 4.83. The topological polar surface area (TPSA) is 110 Å². The molecule has 0 aliphatic carbocycles. The van der Waals surface area contributed by atoms with Crippen LogP contribution in [0.3, 0.4) is 0 Å². The Bertz CT molecular complexity index is 1220. The van der Waals surface area contributed by atoms with E-state index in [2.05, 4.69) is 20.6 Å². The molecule has 0 unspecified atom stereocenters. The molecule has 186 valence electrons. The van der Waals surface area contributed by atoms with Gasteiger partial charge in [0.2, 0.25) is 0 Å². The van der Waals surface area contributed by atoms with Crippen LogP contribution in [0.4, 0.5) is 5.82 Å². The smallest absolute Gasteiger partial charge is 0.251 e. The van der Waals surface area contributed by atoms with Gasteiger partial charge in [-0.15, -0.1) is 0 Å². The molecule has 5 rings (SSSR count). The van der Waals surface area contributed by atoms with Crippen LogP contribution in [-0.4, -0.2) is 67.1 Å². The zero-order valence-corrected chi connectivity index (χ0v) is 20.3. The van der Waals surface area contributed by atoms with Crippen molar-refractivity contribution in [3.63, 3.8) is 0 Å². The number of aromatic amines is 1. The zero-order chi connectivity index (χ0) is 24.2. The fraction of sp³-hybridized carbons (Fsp3) is 0.500. The van der Waals surface area contributed by atoms with Crippen molar-refractivity contribution in [1.29, 1.82) is 0 Å². The number of aromatic nitrogens is 3. The maximum atomic E-state index is 12.6. The molecule has 0 bridgehead atoms. The summed E-state index contributed by atoms with van der Waals surface area (Å²) in [7, 11) is 1.62. The van der Waals surface area contributed by atoms with Crippen LogP contribution >= 0.6 is 0 Å². The molecule has 3 aromatic heterocycles. The number of H-pyrrole nitrogens is 1. The molecular formula is C26H33N5O4. The normalized spacial score (nSPS) is 21.2. The van der Waals surface area contributed by atoms with Crippen molar-refractivity contribution in [2.45, 2.75) is 38.3 Å². The Morgan fingerprint density at radius 1 is 1.17 bits per heavy atom. The van der Waals surface area contributed by atoms with Gasteiger partial charge in [-0.05, 0) is 50.8 Å². The SMILES string of the molecule is COc1cncc(-c2cnc(N[C@H]3CCNC[C@H]3OCC3CCOCC3)c3[nH]c(=O)c(C)cc23)c1. The Morgan fingerprint density at radius 2 is 2.03 bits per heavy atom. The number of ether oxygens (including phenoxy) is 3. The van der Waals surface area contributed by atoms with Gasteiger partial charge in [-0.1, -0.05) is 0 Å². The lowest BCUT2D eigenvalue weighted by atomic mass is 9.99. The molecule has 5 heterocycles. The Balaban J connectivity index is 1.44. The molecule has 2 fully saturated rings. The van der Waals surface area contributed by atoms with Gasteiger partial charge in [0.1, 0.15) is 5.75 Å². The highest BCUT2D eigenvalue weighted by molar-refractivity contribution is 5.99. The predicted octanol–water partition coefficient (Wildman–Crippen LogP) is 2.89. The molecule has 0 saturated carbocycles. The monoisotopic (exact) mass is 479 g/mol. The molecule has 9 nitrogen and oxygen atoms in total. The van der Waals surface area contributed by atoms with Crippen molar-refractivity contribution in [3.05, 3.63) is 46.6 Å². The molecule has 3 N–H and O–H groups in total. The number of rotatable bonds is 7. The Hall–Kier alpha value is -3.01. The van der Waals surface area contributed by atoms with E-state index < -0.39 is 0 Å². The average Bonchev–Trinajstić information content (AvgIpc) is 2.90. The summed E-state index contributed by atoms with van der Waals surface area (Å²) in [5.74, 6) is 1.86. The summed E-state index contributed by atoms with van der Waals surface area (Å²) in [5.41, 5.74) is 2.96. The average molecular weight is 480 g/mol. The van der Waals surface area contributed by atoms with Gasteiger partial charge in [0, 0.05) is 54.2 Å². The van der Waals surface area contributed by atoms with E-state index in [1.54, 1.807) is 19.5 Å². The van der Waals surface area contributed by atoms with Crippen LogP contribution in [0.25, 0.3) is 22.0 Å². The van der Waals surface area contributed by atoms with E-state index in [0.717, 1.165) is 68.7 Å². The lowest BCUT2D eigenvalue weighted by molar-refractivity contribution is -0.0222. The molecule has 2 aliphatic rings. The predicted molar refractivity (Wildman–Crippen MR) is 135 cm³/mol. The summed E-state index contributed by atoms with van der Waals surface area (Å²) < 4.78 is 17.2. The largest absolute Gasteiger partial charge is 0.495 e. The molecule has 2 saturated heterocycles. The van der Waals surface area contributed by atoms with E-state index in [0.29, 0.717) is 28.6 Å². The molecule has 3 aromatic rings. The molecule has 2 aliphatic heterocycles. The van der Waals surface area contributed by atoms with E-state index in [1.807, 2.05) is 25.3 Å². The van der Waals surface area contributed by atoms with Crippen molar-refractivity contribution in [2.75, 3.05) is 45.3 Å². The second-order valence-electron chi connectivity index (χ2n) is 9.38. The third-order valence-corrected chi connectivity index (χ3v) is 6.97. The van der Waals surface area contributed by atoms with E-state index >= 15 is 0 Å². The summed E-state index contributed by atoms with van der Waals surface area (Å²) in [6.45, 7) is 5.86. The van der Waals surface area contributed by atoms with E-state index in [9.17, 15) is 4.79 Å². The fourth-order valence-corrected chi connectivity index (χ4v) is 4.83. The first kappa shape index (κ1) is 23.7. The van der Waals surface area contributed by atoms with Gasteiger partial charge >= 0.3 is 0 Å². The van der Waals surface area contributed by atoms with Crippen molar-refractivity contribution >= 4 is 16.7 Å². The van der Waals surface area contributed by atoms with E-state index in [1.165, 1.54) is 0 Å². The third kappa shape index (κ3) is 5.32. The zero-order valence-electron chi connectivity index (χ0n) is 20.3. The van der Waals surface area contributed by atoms with Crippen molar-refractivity contribution in [3.8, 4) is 16.9 Å². The molecule has 9 heteroatoms. The van der Waals surface area contributed by atoms with Gasteiger partial charge in [0.25, 0.3) is 5.56 Å². The standard InChI is InChI=1S/C26H33N5O4/c1-16-9-20-21(18-10-19(33-2)12-28-11-18)13-29-25(24(20)31-26(16)32)30-22-3-6-27-14-23(22)35-15-17-4-7-34-8-5-17/h9-13,17,22-23,27H,3-8,14-15H2,1-2H3,(H,29,30)(H,31,32)/t22-,23+/m0/s1. The van der Waals surface area contributed by atoms with E-state index in [4.69, 9.17) is 19.2 Å². The first-order valence-electron chi connectivity index (χ1n) is 12.3. The van der Waals surface area contributed by atoms with Gasteiger partial charge in [-0.2, -0.15) is 0 Å². The number of anilines is 1. The Kier molecular flexibility index (Phi) is 7.26. The minimum absolute atomic E-state index is 0.0166. The number of hydrogen-bond acceptors (Lipinski definition) is 8. The highest BCUT2D eigenvalue weighted by atomic mass is 16.5. The minimum atomic E-state index is -0.124. The quantitative estimate of drug-likeness (QED) is 0.475. The molecule has 0 spiro atoms. The Labute approximate surface area is 204 Å². The molecule has 35 heavy (non-hydrogen) atoms. The van der Waals surface area contributed by atoms with Crippen LogP contribution < -0.4 is 20.9 Å². The maximum absolute atomic E-state index is 12.6. The van der Waals surface area contributed by atoms with Crippen LogP contribution in [0.5, 0.6) is 5.75 Å². The Morgan fingerprint density at radius 3 is 2.86 bits per heavy atom. The molecule has 0 amide bonds. The number of nitrogens with zero attached hydrogens (tertiary/aromatic N) is 2. The molecule has 2 atom stereocenters. The lowest BCUT2D eigenvalue weighted by Gasteiger charge is -2.34. The van der Waals surface area contributed by atoms with Crippen molar-refractivity contribution in [1.82, 2.24) is 20.3 Å². The second kappa shape index (κ2) is 10.7.